The molecule has 1 N–H and O–H groups in total. The van der Waals surface area contributed by atoms with Crippen molar-refractivity contribution in [1.82, 2.24) is 10.4 Å². The quantitative estimate of drug-likeness (QED) is 0.803. The van der Waals surface area contributed by atoms with Crippen LogP contribution in [-0.4, -0.2) is 30.0 Å². The lowest BCUT2D eigenvalue weighted by Crippen LogP contribution is -2.46. The first-order chi connectivity index (χ1) is 8.99. The largest absolute Gasteiger partial charge is 0.283 e. The highest BCUT2D eigenvalue weighted by Gasteiger charge is 2.31. The zero-order valence-electron chi connectivity index (χ0n) is 12.4. The number of rotatable bonds is 6. The van der Waals surface area contributed by atoms with Crippen molar-refractivity contribution in [2.75, 3.05) is 7.11 Å². The van der Waals surface area contributed by atoms with E-state index in [1.807, 2.05) is 30.3 Å². The number of carbonyl (C=O) groups is 1. The third-order valence-corrected chi connectivity index (χ3v) is 3.06. The Morgan fingerprint density at radius 3 is 2.05 bits per heavy atom. The summed E-state index contributed by atoms with van der Waals surface area (Å²) in [5.74, 6) is -0.143. The summed E-state index contributed by atoms with van der Waals surface area (Å²) in [5, 5.41) is 0. The maximum atomic E-state index is 12.3. The lowest BCUT2D eigenvalue weighted by atomic mass is 10.0. The number of hydrogen-bond acceptors (Lipinski definition) is 3. The van der Waals surface area contributed by atoms with Crippen LogP contribution in [0.1, 0.15) is 39.3 Å². The second kappa shape index (κ2) is 7.26. The van der Waals surface area contributed by atoms with E-state index >= 15 is 0 Å². The summed E-state index contributed by atoms with van der Waals surface area (Å²) in [6.07, 6.45) is 0. The summed E-state index contributed by atoms with van der Waals surface area (Å²) < 4.78 is 0. The van der Waals surface area contributed by atoms with Crippen LogP contribution < -0.4 is 5.48 Å². The van der Waals surface area contributed by atoms with Crippen molar-refractivity contribution in [2.24, 2.45) is 0 Å². The Hall–Kier alpha value is -1.39. The van der Waals surface area contributed by atoms with Crippen molar-refractivity contribution in [2.45, 2.75) is 45.8 Å². The van der Waals surface area contributed by atoms with E-state index in [1.165, 1.54) is 7.11 Å². The molecule has 0 fully saturated rings. The van der Waals surface area contributed by atoms with Crippen LogP contribution in [0.4, 0.5) is 0 Å². The molecule has 19 heavy (non-hydrogen) atoms. The van der Waals surface area contributed by atoms with Gasteiger partial charge in [-0.1, -0.05) is 30.3 Å². The number of hydrogen-bond donors (Lipinski definition) is 1. The molecule has 0 aliphatic carbocycles. The Balaban J connectivity index is 3.14. The van der Waals surface area contributed by atoms with Crippen molar-refractivity contribution < 1.29 is 9.63 Å². The van der Waals surface area contributed by atoms with Gasteiger partial charge < -0.3 is 0 Å². The normalized spacial score (nSPS) is 13.1. The first kappa shape index (κ1) is 15.7. The molecule has 0 heterocycles. The van der Waals surface area contributed by atoms with Gasteiger partial charge in [-0.15, -0.1) is 0 Å². The Kier molecular flexibility index (Phi) is 5.99. The van der Waals surface area contributed by atoms with Crippen LogP contribution in [0, 0.1) is 0 Å². The summed E-state index contributed by atoms with van der Waals surface area (Å²) in [7, 11) is 1.45. The number of amides is 1. The molecule has 0 spiro atoms. The molecule has 1 aromatic carbocycles. The molecular weight excluding hydrogens is 240 g/mol. The zero-order valence-corrected chi connectivity index (χ0v) is 12.4. The second-order valence-corrected chi connectivity index (χ2v) is 5.12. The maximum Gasteiger partial charge on any atom is 0.265 e. The topological polar surface area (TPSA) is 41.6 Å². The average Bonchev–Trinajstić information content (AvgIpc) is 2.36. The predicted octanol–water partition coefficient (Wildman–Crippen LogP) is 2.52. The van der Waals surface area contributed by atoms with E-state index in [1.54, 1.807) is 0 Å². The monoisotopic (exact) mass is 264 g/mol. The van der Waals surface area contributed by atoms with E-state index in [2.05, 4.69) is 38.1 Å². The van der Waals surface area contributed by atoms with Gasteiger partial charge in [-0.05, 0) is 33.3 Å². The van der Waals surface area contributed by atoms with Crippen molar-refractivity contribution in [3.63, 3.8) is 0 Å². The minimum absolute atomic E-state index is 0.143. The van der Waals surface area contributed by atoms with Crippen LogP contribution in [0.25, 0.3) is 0 Å². The van der Waals surface area contributed by atoms with E-state index in [0.717, 1.165) is 5.56 Å². The average molecular weight is 264 g/mol. The van der Waals surface area contributed by atoms with Crippen LogP contribution in [0.2, 0.25) is 0 Å². The van der Waals surface area contributed by atoms with Gasteiger partial charge in [-0.25, -0.2) is 5.48 Å². The van der Waals surface area contributed by atoms with Crippen LogP contribution in [0.5, 0.6) is 0 Å². The molecule has 1 unspecified atom stereocenters. The van der Waals surface area contributed by atoms with Gasteiger partial charge in [0.1, 0.15) is 6.04 Å². The third-order valence-electron chi connectivity index (χ3n) is 3.06. The number of nitrogens with zero attached hydrogens (tertiary/aromatic N) is 1. The fraction of sp³-hybridized carbons (Fsp3) is 0.533. The molecule has 1 amide bonds. The molecule has 0 aromatic heterocycles. The summed E-state index contributed by atoms with van der Waals surface area (Å²) in [4.78, 5) is 19.3. The molecular formula is C15H24N2O2. The third kappa shape index (κ3) is 4.04. The first-order valence-electron chi connectivity index (χ1n) is 6.64. The molecule has 0 aliphatic rings. The van der Waals surface area contributed by atoms with Gasteiger partial charge in [0.05, 0.1) is 7.11 Å². The van der Waals surface area contributed by atoms with Crippen molar-refractivity contribution >= 4 is 5.91 Å². The Morgan fingerprint density at radius 1 is 1.11 bits per heavy atom. The molecule has 4 nitrogen and oxygen atoms in total. The Labute approximate surface area is 115 Å². The number of benzene rings is 1. The highest BCUT2D eigenvalue weighted by atomic mass is 16.6. The highest BCUT2D eigenvalue weighted by Crippen LogP contribution is 2.25. The smallest absolute Gasteiger partial charge is 0.265 e. The maximum absolute atomic E-state index is 12.3. The van der Waals surface area contributed by atoms with Crippen LogP contribution >= 0.6 is 0 Å². The van der Waals surface area contributed by atoms with E-state index in [0.29, 0.717) is 0 Å². The fourth-order valence-electron chi connectivity index (χ4n) is 2.44. The fourth-order valence-corrected chi connectivity index (χ4v) is 2.44. The van der Waals surface area contributed by atoms with Crippen LogP contribution in [0.3, 0.4) is 0 Å². The standard InChI is InChI=1S/C15H24N2O2/c1-11(2)17(12(3)4)14(15(18)16-19-5)13-9-7-6-8-10-13/h6-12,14H,1-5H3,(H,16,18). The SMILES string of the molecule is CONC(=O)C(c1ccccc1)N(C(C)C)C(C)C. The molecule has 0 saturated carbocycles. The lowest BCUT2D eigenvalue weighted by molar-refractivity contribution is -0.139. The molecule has 0 bridgehead atoms. The lowest BCUT2D eigenvalue weighted by Gasteiger charge is -2.37. The van der Waals surface area contributed by atoms with Gasteiger partial charge >= 0.3 is 0 Å². The second-order valence-electron chi connectivity index (χ2n) is 5.12. The van der Waals surface area contributed by atoms with E-state index < -0.39 is 0 Å². The van der Waals surface area contributed by atoms with E-state index in [9.17, 15) is 4.79 Å². The van der Waals surface area contributed by atoms with Crippen LogP contribution in [0.15, 0.2) is 30.3 Å². The summed E-state index contributed by atoms with van der Waals surface area (Å²) >= 11 is 0. The predicted molar refractivity (Wildman–Crippen MR) is 76.4 cm³/mol. The van der Waals surface area contributed by atoms with Crippen LogP contribution in [-0.2, 0) is 9.63 Å². The first-order valence-corrected chi connectivity index (χ1v) is 6.64. The molecule has 4 heteroatoms. The van der Waals surface area contributed by atoms with Gasteiger partial charge in [-0.3, -0.25) is 14.5 Å². The summed E-state index contributed by atoms with van der Waals surface area (Å²) in [5.41, 5.74) is 3.43. The minimum Gasteiger partial charge on any atom is -0.283 e. The number of carbonyl (C=O) groups excluding carboxylic acids is 1. The Bertz CT molecular complexity index is 382. The summed E-state index contributed by atoms with van der Waals surface area (Å²) in [6.45, 7) is 8.37. The molecule has 1 aromatic rings. The summed E-state index contributed by atoms with van der Waals surface area (Å²) in [6, 6.07) is 9.95. The van der Waals surface area contributed by atoms with Crippen molar-refractivity contribution in [3.05, 3.63) is 35.9 Å². The van der Waals surface area contributed by atoms with Gasteiger partial charge in [-0.2, -0.15) is 0 Å². The van der Waals surface area contributed by atoms with Gasteiger partial charge in [0.15, 0.2) is 0 Å². The van der Waals surface area contributed by atoms with Gasteiger partial charge in [0.25, 0.3) is 5.91 Å². The van der Waals surface area contributed by atoms with E-state index in [-0.39, 0.29) is 24.0 Å². The number of hydroxylamine groups is 1. The Morgan fingerprint density at radius 2 is 1.63 bits per heavy atom. The molecule has 0 saturated heterocycles. The van der Waals surface area contributed by atoms with Gasteiger partial charge in [0, 0.05) is 12.1 Å². The zero-order chi connectivity index (χ0) is 14.4. The van der Waals surface area contributed by atoms with E-state index in [4.69, 9.17) is 4.84 Å². The molecule has 106 valence electrons. The highest BCUT2D eigenvalue weighted by molar-refractivity contribution is 5.82. The van der Waals surface area contributed by atoms with Crippen molar-refractivity contribution in [1.29, 1.82) is 0 Å². The molecule has 1 rings (SSSR count). The molecule has 0 radical (unpaired) electrons. The van der Waals surface area contributed by atoms with Crippen molar-refractivity contribution in [3.8, 4) is 0 Å². The molecule has 1 atom stereocenters. The van der Waals surface area contributed by atoms with Gasteiger partial charge in [0.2, 0.25) is 0 Å². The minimum atomic E-state index is -0.346. The number of nitrogens with one attached hydrogen (secondary N) is 1. The molecule has 0 aliphatic heterocycles.